The largest absolute Gasteiger partial charge is 0.508 e. The van der Waals surface area contributed by atoms with E-state index >= 15 is 0 Å². The molecule has 1 saturated heterocycles. The van der Waals surface area contributed by atoms with Gasteiger partial charge in [-0.15, -0.1) is 0 Å². The minimum atomic E-state index is -0.0498. The first-order valence-corrected chi connectivity index (χ1v) is 9.24. The van der Waals surface area contributed by atoms with Crippen LogP contribution in [0.5, 0.6) is 5.75 Å². The van der Waals surface area contributed by atoms with E-state index in [0.717, 1.165) is 0 Å². The van der Waals surface area contributed by atoms with Crippen LogP contribution in [0, 0.1) is 17.3 Å². The molecule has 3 rings (SSSR count). The van der Waals surface area contributed by atoms with Crippen molar-refractivity contribution in [1.29, 1.82) is 0 Å². The van der Waals surface area contributed by atoms with E-state index in [4.69, 9.17) is 0 Å². The van der Waals surface area contributed by atoms with Crippen molar-refractivity contribution in [2.45, 2.75) is 27.7 Å². The summed E-state index contributed by atoms with van der Waals surface area (Å²) >= 11 is 0. The van der Waals surface area contributed by atoms with Crippen LogP contribution in [0.2, 0.25) is 0 Å². The fourth-order valence-electron chi connectivity index (χ4n) is 3.93. The Labute approximate surface area is 155 Å². The van der Waals surface area contributed by atoms with Crippen LogP contribution in [0.1, 0.15) is 38.1 Å². The Balaban J connectivity index is 1.59. The molecule has 5 heteroatoms. The van der Waals surface area contributed by atoms with Crippen LogP contribution in [0.3, 0.4) is 0 Å². The molecule has 1 aromatic carbocycles. The summed E-state index contributed by atoms with van der Waals surface area (Å²) in [5.41, 5.74) is 1.84. The number of carbonyl (C=O) groups is 2. The Bertz CT molecular complexity index is 724. The van der Waals surface area contributed by atoms with E-state index in [0.29, 0.717) is 37.7 Å². The van der Waals surface area contributed by atoms with Crippen molar-refractivity contribution < 1.29 is 14.7 Å². The Morgan fingerprint density at radius 3 is 2.12 bits per heavy atom. The van der Waals surface area contributed by atoms with E-state index in [2.05, 4.69) is 33.8 Å². The minimum Gasteiger partial charge on any atom is -0.508 e. The van der Waals surface area contributed by atoms with Gasteiger partial charge in [-0.25, -0.2) is 0 Å². The summed E-state index contributed by atoms with van der Waals surface area (Å²) < 4.78 is 0. The average Bonchev–Trinajstić information content (AvgIpc) is 3.13. The standard InChI is InChI=1S/C21H28N2O3/c1-14(2)13-17-18(21(17,3)4)20(26)23-11-9-22(10-12-23)19(25)15-5-7-16(24)8-6-15/h5-8,13,17-18,24H,9-12H2,1-4H3/t17-,18+/m1/s1. The molecular weight excluding hydrogens is 328 g/mol. The molecule has 1 aliphatic carbocycles. The molecule has 0 aromatic heterocycles. The van der Waals surface area contributed by atoms with Crippen molar-refractivity contribution in [3.05, 3.63) is 41.5 Å². The molecule has 1 aliphatic heterocycles. The maximum absolute atomic E-state index is 12.9. The van der Waals surface area contributed by atoms with Crippen LogP contribution in [0.25, 0.3) is 0 Å². The molecule has 140 valence electrons. The first-order valence-electron chi connectivity index (χ1n) is 9.24. The Morgan fingerprint density at radius 1 is 1.04 bits per heavy atom. The number of hydrogen-bond donors (Lipinski definition) is 1. The molecule has 0 radical (unpaired) electrons. The van der Waals surface area contributed by atoms with Gasteiger partial charge in [0, 0.05) is 31.7 Å². The maximum atomic E-state index is 12.9. The fraction of sp³-hybridized carbons (Fsp3) is 0.524. The number of aromatic hydroxyl groups is 1. The predicted octanol–water partition coefficient (Wildman–Crippen LogP) is 2.92. The van der Waals surface area contributed by atoms with Crippen LogP contribution in [0.4, 0.5) is 0 Å². The topological polar surface area (TPSA) is 60.9 Å². The lowest BCUT2D eigenvalue weighted by Crippen LogP contribution is -2.51. The summed E-state index contributed by atoms with van der Waals surface area (Å²) in [4.78, 5) is 29.1. The zero-order valence-corrected chi connectivity index (χ0v) is 16.0. The molecule has 2 atom stereocenters. The molecular formula is C21H28N2O3. The van der Waals surface area contributed by atoms with Crippen molar-refractivity contribution in [3.63, 3.8) is 0 Å². The molecule has 0 spiro atoms. The normalized spacial score (nSPS) is 24.2. The van der Waals surface area contributed by atoms with Gasteiger partial charge in [-0.1, -0.05) is 25.5 Å². The van der Waals surface area contributed by atoms with Gasteiger partial charge in [-0.2, -0.15) is 0 Å². The third kappa shape index (κ3) is 3.48. The third-order valence-corrected chi connectivity index (χ3v) is 5.68. The number of nitrogens with zero attached hydrogens (tertiary/aromatic N) is 2. The van der Waals surface area contributed by atoms with Crippen molar-refractivity contribution in [2.75, 3.05) is 26.2 Å². The van der Waals surface area contributed by atoms with E-state index in [9.17, 15) is 14.7 Å². The van der Waals surface area contributed by atoms with Crippen LogP contribution < -0.4 is 0 Å². The lowest BCUT2D eigenvalue weighted by molar-refractivity contribution is -0.135. The van der Waals surface area contributed by atoms with Gasteiger partial charge in [0.15, 0.2) is 0 Å². The number of piperazine rings is 1. The van der Waals surface area contributed by atoms with Gasteiger partial charge in [0.05, 0.1) is 5.92 Å². The molecule has 0 bridgehead atoms. The first kappa shape index (κ1) is 18.5. The van der Waals surface area contributed by atoms with E-state index in [-0.39, 0.29) is 28.9 Å². The van der Waals surface area contributed by atoms with Gasteiger partial charge >= 0.3 is 0 Å². The molecule has 0 unspecified atom stereocenters. The molecule has 1 heterocycles. The molecule has 26 heavy (non-hydrogen) atoms. The molecule has 1 saturated carbocycles. The van der Waals surface area contributed by atoms with Gasteiger partial charge in [0.25, 0.3) is 5.91 Å². The number of hydrogen-bond acceptors (Lipinski definition) is 3. The molecule has 1 aromatic rings. The third-order valence-electron chi connectivity index (χ3n) is 5.68. The van der Waals surface area contributed by atoms with Gasteiger partial charge in [-0.3, -0.25) is 9.59 Å². The predicted molar refractivity (Wildman–Crippen MR) is 101 cm³/mol. The zero-order chi connectivity index (χ0) is 19.1. The first-order chi connectivity index (χ1) is 12.2. The summed E-state index contributed by atoms with van der Waals surface area (Å²) in [5, 5.41) is 9.35. The molecule has 2 amide bonds. The molecule has 5 nitrogen and oxygen atoms in total. The van der Waals surface area contributed by atoms with Crippen LogP contribution in [0.15, 0.2) is 35.9 Å². The van der Waals surface area contributed by atoms with Gasteiger partial charge < -0.3 is 14.9 Å². The summed E-state index contributed by atoms with van der Waals surface area (Å²) in [6.07, 6.45) is 2.22. The smallest absolute Gasteiger partial charge is 0.253 e. The van der Waals surface area contributed by atoms with E-state index in [1.54, 1.807) is 17.0 Å². The number of carbonyl (C=O) groups excluding carboxylic acids is 2. The van der Waals surface area contributed by atoms with Crippen molar-refractivity contribution in [1.82, 2.24) is 9.80 Å². The summed E-state index contributed by atoms with van der Waals surface area (Å²) in [6.45, 7) is 10.7. The van der Waals surface area contributed by atoms with Crippen LogP contribution in [-0.2, 0) is 4.79 Å². The van der Waals surface area contributed by atoms with E-state index in [1.165, 1.54) is 17.7 Å². The monoisotopic (exact) mass is 356 g/mol. The van der Waals surface area contributed by atoms with E-state index < -0.39 is 0 Å². The highest BCUT2D eigenvalue weighted by molar-refractivity contribution is 5.94. The van der Waals surface area contributed by atoms with Gasteiger partial charge in [0.2, 0.25) is 5.91 Å². The van der Waals surface area contributed by atoms with Crippen LogP contribution >= 0.6 is 0 Å². The number of phenols is 1. The summed E-state index contributed by atoms with van der Waals surface area (Å²) in [5.74, 6) is 0.684. The quantitative estimate of drug-likeness (QED) is 0.847. The average molecular weight is 356 g/mol. The molecule has 2 fully saturated rings. The zero-order valence-electron chi connectivity index (χ0n) is 16.0. The van der Waals surface area contributed by atoms with Crippen LogP contribution in [-0.4, -0.2) is 52.9 Å². The summed E-state index contributed by atoms with van der Waals surface area (Å²) in [6, 6.07) is 6.30. The second-order valence-corrected chi connectivity index (χ2v) is 8.23. The highest BCUT2D eigenvalue weighted by Crippen LogP contribution is 2.60. The second-order valence-electron chi connectivity index (χ2n) is 8.23. The number of amides is 2. The number of phenolic OH excluding ortho intramolecular Hbond substituents is 1. The van der Waals surface area contributed by atoms with Crippen molar-refractivity contribution in [2.24, 2.45) is 17.3 Å². The second kappa shape index (κ2) is 6.78. The maximum Gasteiger partial charge on any atom is 0.253 e. The number of benzene rings is 1. The Hall–Kier alpha value is -2.30. The lowest BCUT2D eigenvalue weighted by atomic mass is 10.1. The van der Waals surface area contributed by atoms with E-state index in [1.807, 2.05) is 4.90 Å². The number of allylic oxidation sites excluding steroid dienone is 2. The highest BCUT2D eigenvalue weighted by Gasteiger charge is 2.61. The fourth-order valence-corrected chi connectivity index (χ4v) is 3.93. The highest BCUT2D eigenvalue weighted by atomic mass is 16.3. The lowest BCUT2D eigenvalue weighted by Gasteiger charge is -2.35. The van der Waals surface area contributed by atoms with Gasteiger partial charge in [-0.05, 0) is 49.4 Å². The Morgan fingerprint density at radius 2 is 1.58 bits per heavy atom. The molecule has 2 aliphatic rings. The summed E-state index contributed by atoms with van der Waals surface area (Å²) in [7, 11) is 0. The molecule has 1 N–H and O–H groups in total. The SMILES string of the molecule is CC(C)=C[C@@H]1[C@@H](C(=O)N2CCN(C(=O)c3ccc(O)cc3)CC2)C1(C)C. The van der Waals surface area contributed by atoms with Crippen molar-refractivity contribution >= 4 is 11.8 Å². The van der Waals surface area contributed by atoms with Crippen molar-refractivity contribution in [3.8, 4) is 5.75 Å². The number of rotatable bonds is 3. The Kier molecular flexibility index (Phi) is 4.82. The van der Waals surface area contributed by atoms with Gasteiger partial charge in [0.1, 0.15) is 5.75 Å². The minimum absolute atomic E-state index is 0.0212.